The maximum absolute atomic E-state index is 11.6. The van der Waals surface area contributed by atoms with E-state index in [9.17, 15) is 9.59 Å². The van der Waals surface area contributed by atoms with E-state index in [1.807, 2.05) is 0 Å². The second-order valence-electron chi connectivity index (χ2n) is 4.21. The van der Waals surface area contributed by atoms with Crippen molar-refractivity contribution in [2.45, 2.75) is 49.4 Å². The molecule has 0 fully saturated rings. The number of carbonyl (C=O) groups is 2. The molecule has 0 aromatic carbocycles. The van der Waals surface area contributed by atoms with Gasteiger partial charge >= 0.3 is 5.97 Å². The lowest BCUT2D eigenvalue weighted by Crippen LogP contribution is -2.34. The van der Waals surface area contributed by atoms with Gasteiger partial charge in [0.05, 0.1) is 6.42 Å². The Morgan fingerprint density at radius 2 is 1.88 bits per heavy atom. The number of carbonyl (C=O) groups excluding carboxylic acids is 2. The van der Waals surface area contributed by atoms with E-state index in [1.54, 1.807) is 43.4 Å². The Bertz CT molecular complexity index is 275. The molecule has 0 aromatic heterocycles. The van der Waals surface area contributed by atoms with Crippen LogP contribution in [0.15, 0.2) is 0 Å². The van der Waals surface area contributed by atoms with E-state index in [2.05, 4.69) is 0 Å². The normalized spacial score (nSPS) is 15.2. The fraction of sp³-hybridized carbons (Fsp3) is 0.818. The van der Waals surface area contributed by atoms with Crippen LogP contribution in [-0.2, 0) is 19.1 Å². The third-order valence-electron chi connectivity index (χ3n) is 2.44. The molecule has 100 valence electrons. The molecule has 0 amide bonds. The van der Waals surface area contributed by atoms with E-state index < -0.39 is 21.8 Å². The van der Waals surface area contributed by atoms with Crippen molar-refractivity contribution in [1.82, 2.24) is 0 Å². The maximum atomic E-state index is 11.6. The molecular weight excluding hydrogens is 339 g/mol. The highest BCUT2D eigenvalue weighted by Crippen LogP contribution is 2.14. The van der Waals surface area contributed by atoms with Crippen LogP contribution in [0.1, 0.15) is 33.6 Å². The first-order valence-electron chi connectivity index (χ1n) is 5.30. The maximum Gasteiger partial charge on any atom is 0.306 e. The van der Waals surface area contributed by atoms with Gasteiger partial charge in [0.15, 0.2) is 5.78 Å². The summed E-state index contributed by atoms with van der Waals surface area (Å²) in [7, 11) is 1.45. The van der Waals surface area contributed by atoms with Crippen LogP contribution in [-0.4, -0.2) is 39.8 Å². The van der Waals surface area contributed by atoms with Gasteiger partial charge in [-0.25, -0.2) is 0 Å². The first-order chi connectivity index (χ1) is 7.70. The molecule has 1 N–H and O–H groups in total. The monoisotopic (exact) mass is 358 g/mol. The van der Waals surface area contributed by atoms with Crippen molar-refractivity contribution >= 4 is 34.3 Å². The molecule has 0 bridgehead atoms. The Kier molecular flexibility index (Phi) is 7.18. The second kappa shape index (κ2) is 7.27. The summed E-state index contributed by atoms with van der Waals surface area (Å²) in [4.78, 5) is 23.0. The van der Waals surface area contributed by atoms with Gasteiger partial charge in [-0.2, -0.15) is 0 Å². The van der Waals surface area contributed by atoms with Crippen LogP contribution in [0.25, 0.3) is 0 Å². The van der Waals surface area contributed by atoms with Crippen LogP contribution < -0.4 is 0 Å². The van der Waals surface area contributed by atoms with Crippen LogP contribution in [0, 0.1) is 0 Å². The van der Waals surface area contributed by atoms with Crippen molar-refractivity contribution in [3.8, 4) is 0 Å². The molecule has 0 aliphatic carbocycles. The molecule has 0 spiro atoms. The number of esters is 1. The fourth-order valence-corrected chi connectivity index (χ4v) is 1.10. The lowest BCUT2D eigenvalue weighted by atomic mass is 9.99. The summed E-state index contributed by atoms with van der Waals surface area (Å²) < 4.78 is 9.18. The van der Waals surface area contributed by atoms with Crippen molar-refractivity contribution in [3.63, 3.8) is 0 Å². The molecule has 0 aromatic rings. The molecule has 2 atom stereocenters. The van der Waals surface area contributed by atoms with Gasteiger partial charge < -0.3 is 14.6 Å². The first-order valence-corrected chi connectivity index (χ1v) is 6.55. The smallest absolute Gasteiger partial charge is 0.306 e. The second-order valence-corrected chi connectivity index (χ2v) is 5.48. The Labute approximate surface area is 115 Å². The zero-order valence-electron chi connectivity index (χ0n) is 10.5. The van der Waals surface area contributed by atoms with E-state index >= 15 is 0 Å². The summed E-state index contributed by atoms with van der Waals surface area (Å²) in [6.07, 6.45) is -0.503. The highest BCUT2D eigenvalue weighted by atomic mass is 127. The molecular formula is C11H19IO5. The average Bonchev–Trinajstić information content (AvgIpc) is 2.25. The minimum Gasteiger partial charge on any atom is -0.459 e. The summed E-state index contributed by atoms with van der Waals surface area (Å²) in [5, 5.41) is 9.14. The number of ketones is 1. The molecule has 0 saturated carbocycles. The van der Waals surface area contributed by atoms with Crippen molar-refractivity contribution < 1.29 is 24.2 Å². The molecule has 0 aliphatic heterocycles. The molecule has 17 heavy (non-hydrogen) atoms. The van der Waals surface area contributed by atoms with Gasteiger partial charge in [0.25, 0.3) is 0 Å². The van der Waals surface area contributed by atoms with E-state index in [-0.39, 0.29) is 18.6 Å². The fourth-order valence-electron chi connectivity index (χ4n) is 0.953. The molecule has 2 unspecified atom stereocenters. The molecule has 0 heterocycles. The number of alkyl halides is 1. The Morgan fingerprint density at radius 1 is 1.35 bits per heavy atom. The van der Waals surface area contributed by atoms with Crippen LogP contribution in [0.2, 0.25) is 0 Å². The summed E-state index contributed by atoms with van der Waals surface area (Å²) >= 11 is 1.75. The van der Waals surface area contributed by atoms with E-state index in [1.165, 1.54) is 7.11 Å². The largest absolute Gasteiger partial charge is 0.459 e. The lowest BCUT2D eigenvalue weighted by molar-refractivity contribution is -0.152. The van der Waals surface area contributed by atoms with Crippen LogP contribution in [0.3, 0.4) is 0 Å². The highest BCUT2D eigenvalue weighted by Gasteiger charge is 2.27. The van der Waals surface area contributed by atoms with Gasteiger partial charge in [-0.1, -0.05) is 0 Å². The van der Waals surface area contributed by atoms with Crippen molar-refractivity contribution in [2.24, 2.45) is 0 Å². The molecule has 0 radical (unpaired) electrons. The number of halogens is 1. The number of Topliss-reactive ketones (excluding diaryl/α,β-unsaturated/α-hetero) is 1. The van der Waals surface area contributed by atoms with Gasteiger partial charge in [0.1, 0.15) is 15.8 Å². The predicted octanol–water partition coefficient (Wildman–Crippen LogP) is 1.45. The zero-order chi connectivity index (χ0) is 13.6. The Morgan fingerprint density at radius 3 is 2.29 bits per heavy atom. The van der Waals surface area contributed by atoms with Crippen molar-refractivity contribution in [2.75, 3.05) is 7.11 Å². The number of aliphatic hydroxyl groups excluding tert-OH is 1. The minimum atomic E-state index is -0.880. The number of hydrogen-bond acceptors (Lipinski definition) is 5. The van der Waals surface area contributed by atoms with Crippen LogP contribution >= 0.6 is 22.6 Å². The van der Waals surface area contributed by atoms with Gasteiger partial charge in [-0.3, -0.25) is 9.59 Å². The number of hydrogen-bond donors (Lipinski definition) is 1. The number of aliphatic hydroxyl groups is 1. The molecule has 5 nitrogen and oxygen atoms in total. The quantitative estimate of drug-likeness (QED) is 0.424. The Balaban J connectivity index is 4.05. The standard InChI is InChI=1S/C11H19IO5/c1-7(10(12)15)17-9(14)6-5-8(13)11(2,3)16-4/h7,10,15H,5-6H2,1-4H3. The minimum absolute atomic E-state index is 0.000671. The predicted molar refractivity (Wildman–Crippen MR) is 70.9 cm³/mol. The zero-order valence-corrected chi connectivity index (χ0v) is 12.7. The molecule has 0 aliphatic rings. The first kappa shape index (κ1) is 16.8. The average molecular weight is 358 g/mol. The SMILES string of the molecule is COC(C)(C)C(=O)CCC(=O)OC(C)C(O)I. The number of methoxy groups -OCH3 is 1. The third-order valence-corrected chi connectivity index (χ3v) is 3.46. The summed E-state index contributed by atoms with van der Waals surface area (Å²) in [5.74, 6) is -0.645. The van der Waals surface area contributed by atoms with Crippen molar-refractivity contribution in [1.29, 1.82) is 0 Å². The third kappa shape index (κ3) is 6.32. The lowest BCUT2D eigenvalue weighted by Gasteiger charge is -2.21. The Hall–Kier alpha value is -0.210. The summed E-state index contributed by atoms with van der Waals surface area (Å²) in [5.41, 5.74) is -0.880. The van der Waals surface area contributed by atoms with Crippen LogP contribution in [0.5, 0.6) is 0 Å². The van der Waals surface area contributed by atoms with E-state index in [4.69, 9.17) is 14.6 Å². The van der Waals surface area contributed by atoms with Crippen molar-refractivity contribution in [3.05, 3.63) is 0 Å². The van der Waals surface area contributed by atoms with E-state index in [0.29, 0.717) is 0 Å². The number of rotatable bonds is 7. The topological polar surface area (TPSA) is 72.8 Å². The summed E-state index contributed by atoms with van der Waals surface area (Å²) in [6.45, 7) is 4.89. The van der Waals surface area contributed by atoms with Gasteiger partial charge in [0, 0.05) is 13.5 Å². The number of ether oxygens (including phenoxy) is 2. The van der Waals surface area contributed by atoms with Gasteiger partial charge in [0.2, 0.25) is 0 Å². The molecule has 0 saturated heterocycles. The van der Waals surface area contributed by atoms with Gasteiger partial charge in [-0.05, 0) is 43.4 Å². The van der Waals surface area contributed by atoms with Crippen LogP contribution in [0.4, 0.5) is 0 Å². The molecule has 6 heteroatoms. The van der Waals surface area contributed by atoms with E-state index in [0.717, 1.165) is 0 Å². The highest BCUT2D eigenvalue weighted by molar-refractivity contribution is 14.1. The summed E-state index contributed by atoms with van der Waals surface area (Å²) in [6, 6.07) is 0. The molecule has 0 rings (SSSR count). The van der Waals surface area contributed by atoms with Gasteiger partial charge in [-0.15, -0.1) is 0 Å².